The normalized spacial score (nSPS) is 19.7. The lowest BCUT2D eigenvalue weighted by Crippen LogP contribution is -2.44. The fourth-order valence-electron chi connectivity index (χ4n) is 2.93. The second-order valence-corrected chi connectivity index (χ2v) is 6.13. The van der Waals surface area contributed by atoms with Crippen LogP contribution in [0.4, 0.5) is 0 Å². The molecule has 1 unspecified atom stereocenters. The topological polar surface area (TPSA) is 29.5 Å². The predicted molar refractivity (Wildman–Crippen MR) is 85.2 cm³/mol. The summed E-state index contributed by atoms with van der Waals surface area (Å²) in [5.74, 6) is 0.498. The van der Waals surface area contributed by atoms with Crippen molar-refractivity contribution in [3.8, 4) is 0 Å². The van der Waals surface area contributed by atoms with Crippen molar-refractivity contribution in [1.82, 2.24) is 4.90 Å². The van der Waals surface area contributed by atoms with Crippen LogP contribution >= 0.6 is 0 Å². The molecule has 3 heteroatoms. The molecule has 1 fully saturated rings. The van der Waals surface area contributed by atoms with Crippen molar-refractivity contribution in [2.75, 3.05) is 13.2 Å². The van der Waals surface area contributed by atoms with Gasteiger partial charge in [-0.25, -0.2) is 0 Å². The summed E-state index contributed by atoms with van der Waals surface area (Å²) in [6.07, 6.45) is 3.20. The van der Waals surface area contributed by atoms with Gasteiger partial charge in [0.15, 0.2) is 0 Å². The van der Waals surface area contributed by atoms with E-state index in [0.717, 1.165) is 25.9 Å². The molecule has 1 heterocycles. The Bertz CT molecular complexity index is 453. The van der Waals surface area contributed by atoms with Crippen molar-refractivity contribution in [3.05, 3.63) is 35.4 Å². The minimum absolute atomic E-state index is 0.0593. The lowest BCUT2D eigenvalue weighted by Gasteiger charge is -2.34. The van der Waals surface area contributed by atoms with Crippen LogP contribution in [0.5, 0.6) is 0 Å². The van der Waals surface area contributed by atoms with Crippen LogP contribution in [0.15, 0.2) is 24.3 Å². The van der Waals surface area contributed by atoms with Gasteiger partial charge >= 0.3 is 5.97 Å². The van der Waals surface area contributed by atoms with E-state index in [1.807, 2.05) is 6.92 Å². The summed E-state index contributed by atoms with van der Waals surface area (Å²) in [6, 6.07) is 8.70. The zero-order chi connectivity index (χ0) is 15.2. The number of rotatable bonds is 5. The molecule has 0 aromatic heterocycles. The zero-order valence-corrected chi connectivity index (χ0v) is 13.5. The number of ether oxygens (including phenoxy) is 1. The minimum atomic E-state index is -0.0662. The Balaban J connectivity index is 2.03. The molecule has 2 rings (SSSR count). The highest BCUT2D eigenvalue weighted by Crippen LogP contribution is 2.22. The van der Waals surface area contributed by atoms with Gasteiger partial charge in [-0.2, -0.15) is 0 Å². The first kappa shape index (κ1) is 16.0. The van der Waals surface area contributed by atoms with E-state index >= 15 is 0 Å². The molecule has 1 aliphatic heterocycles. The van der Waals surface area contributed by atoms with Gasteiger partial charge in [-0.3, -0.25) is 9.69 Å². The predicted octanol–water partition coefficient (Wildman–Crippen LogP) is 3.73. The largest absolute Gasteiger partial charge is 0.465 e. The lowest BCUT2D eigenvalue weighted by atomic mass is 9.99. The smallest absolute Gasteiger partial charge is 0.323 e. The molecule has 1 aromatic rings. The monoisotopic (exact) mass is 289 g/mol. The van der Waals surface area contributed by atoms with Gasteiger partial charge in [0.25, 0.3) is 0 Å². The van der Waals surface area contributed by atoms with Crippen molar-refractivity contribution in [2.45, 2.75) is 58.5 Å². The van der Waals surface area contributed by atoms with Crippen LogP contribution in [0.1, 0.15) is 57.1 Å². The number of esters is 1. The number of hydrogen-bond acceptors (Lipinski definition) is 3. The Morgan fingerprint density at radius 2 is 2.00 bits per heavy atom. The summed E-state index contributed by atoms with van der Waals surface area (Å²) >= 11 is 0. The number of likely N-dealkylation sites (tertiary alicyclic amines) is 1. The van der Waals surface area contributed by atoms with E-state index in [1.165, 1.54) is 17.5 Å². The Kier molecular flexibility index (Phi) is 5.80. The van der Waals surface area contributed by atoms with E-state index in [-0.39, 0.29) is 12.0 Å². The molecule has 21 heavy (non-hydrogen) atoms. The van der Waals surface area contributed by atoms with Crippen molar-refractivity contribution >= 4 is 5.97 Å². The molecule has 1 saturated heterocycles. The Labute approximate surface area is 128 Å². The van der Waals surface area contributed by atoms with Gasteiger partial charge in [0.1, 0.15) is 6.04 Å². The van der Waals surface area contributed by atoms with Gasteiger partial charge in [-0.05, 0) is 43.4 Å². The third kappa shape index (κ3) is 4.31. The molecule has 0 bridgehead atoms. The third-order valence-corrected chi connectivity index (χ3v) is 4.20. The standard InChI is InChI=1S/C18H27NO2/c1-4-21-18(20)17-7-5-6-12-19(17)13-15-8-10-16(11-9-15)14(2)3/h8-11,14,17H,4-7,12-13H2,1-3H3. The number of benzene rings is 1. The molecular formula is C18H27NO2. The first-order valence-corrected chi connectivity index (χ1v) is 8.11. The number of nitrogens with zero attached hydrogens (tertiary/aromatic N) is 1. The van der Waals surface area contributed by atoms with Crippen molar-refractivity contribution < 1.29 is 9.53 Å². The van der Waals surface area contributed by atoms with Crippen LogP contribution < -0.4 is 0 Å². The summed E-state index contributed by atoms with van der Waals surface area (Å²) in [6.45, 7) is 8.56. The van der Waals surface area contributed by atoms with E-state index in [0.29, 0.717) is 12.5 Å². The van der Waals surface area contributed by atoms with E-state index < -0.39 is 0 Å². The maximum absolute atomic E-state index is 12.1. The van der Waals surface area contributed by atoms with E-state index in [1.54, 1.807) is 0 Å². The first-order valence-electron chi connectivity index (χ1n) is 8.11. The van der Waals surface area contributed by atoms with Crippen LogP contribution in [0, 0.1) is 0 Å². The highest BCUT2D eigenvalue weighted by Gasteiger charge is 2.29. The van der Waals surface area contributed by atoms with Crippen LogP contribution in [0.25, 0.3) is 0 Å². The maximum atomic E-state index is 12.1. The SMILES string of the molecule is CCOC(=O)C1CCCCN1Cc1ccc(C(C)C)cc1. The molecule has 0 amide bonds. The first-order chi connectivity index (χ1) is 10.1. The summed E-state index contributed by atoms with van der Waals surface area (Å²) < 4.78 is 5.22. The summed E-state index contributed by atoms with van der Waals surface area (Å²) in [5.41, 5.74) is 2.63. The quantitative estimate of drug-likeness (QED) is 0.774. The fraction of sp³-hybridized carbons (Fsp3) is 0.611. The maximum Gasteiger partial charge on any atom is 0.323 e. The summed E-state index contributed by atoms with van der Waals surface area (Å²) in [5, 5.41) is 0. The molecule has 1 aromatic carbocycles. The summed E-state index contributed by atoms with van der Waals surface area (Å²) in [7, 11) is 0. The van der Waals surface area contributed by atoms with E-state index in [4.69, 9.17) is 4.74 Å². The van der Waals surface area contributed by atoms with Crippen molar-refractivity contribution in [2.24, 2.45) is 0 Å². The molecule has 3 nitrogen and oxygen atoms in total. The lowest BCUT2D eigenvalue weighted by molar-refractivity contribution is -0.151. The molecule has 116 valence electrons. The average Bonchev–Trinajstić information content (AvgIpc) is 2.48. The highest BCUT2D eigenvalue weighted by molar-refractivity contribution is 5.75. The Hall–Kier alpha value is -1.35. The Morgan fingerprint density at radius 3 is 2.62 bits per heavy atom. The highest BCUT2D eigenvalue weighted by atomic mass is 16.5. The number of piperidine rings is 1. The molecule has 0 saturated carbocycles. The zero-order valence-electron chi connectivity index (χ0n) is 13.5. The molecule has 1 aliphatic rings. The summed E-state index contributed by atoms with van der Waals surface area (Å²) in [4.78, 5) is 14.3. The van der Waals surface area contributed by atoms with Crippen LogP contribution in [-0.4, -0.2) is 30.1 Å². The van der Waals surface area contributed by atoms with Crippen molar-refractivity contribution in [1.29, 1.82) is 0 Å². The van der Waals surface area contributed by atoms with E-state index in [2.05, 4.69) is 43.0 Å². The second-order valence-electron chi connectivity index (χ2n) is 6.13. The molecule has 0 radical (unpaired) electrons. The van der Waals surface area contributed by atoms with Crippen LogP contribution in [0.3, 0.4) is 0 Å². The third-order valence-electron chi connectivity index (χ3n) is 4.20. The average molecular weight is 289 g/mol. The molecular weight excluding hydrogens is 262 g/mol. The van der Waals surface area contributed by atoms with E-state index in [9.17, 15) is 4.79 Å². The van der Waals surface area contributed by atoms with Gasteiger partial charge in [0.2, 0.25) is 0 Å². The van der Waals surface area contributed by atoms with Crippen LogP contribution in [-0.2, 0) is 16.1 Å². The fourth-order valence-corrected chi connectivity index (χ4v) is 2.93. The van der Waals surface area contributed by atoms with Gasteiger partial charge in [-0.15, -0.1) is 0 Å². The molecule has 0 aliphatic carbocycles. The number of carbonyl (C=O) groups excluding carboxylic acids is 1. The number of hydrogen-bond donors (Lipinski definition) is 0. The number of carbonyl (C=O) groups is 1. The molecule has 0 N–H and O–H groups in total. The van der Waals surface area contributed by atoms with Crippen molar-refractivity contribution in [3.63, 3.8) is 0 Å². The van der Waals surface area contributed by atoms with Crippen LogP contribution in [0.2, 0.25) is 0 Å². The Morgan fingerprint density at radius 1 is 1.29 bits per heavy atom. The molecule has 0 spiro atoms. The second kappa shape index (κ2) is 7.60. The molecule has 1 atom stereocenters. The van der Waals surface area contributed by atoms with Gasteiger partial charge in [-0.1, -0.05) is 44.5 Å². The van der Waals surface area contributed by atoms with Gasteiger partial charge in [0.05, 0.1) is 6.61 Å². The van der Waals surface area contributed by atoms with Gasteiger partial charge in [0, 0.05) is 6.54 Å². The van der Waals surface area contributed by atoms with Gasteiger partial charge < -0.3 is 4.74 Å². The minimum Gasteiger partial charge on any atom is -0.465 e.